The van der Waals surface area contributed by atoms with Crippen LogP contribution < -0.4 is 10.6 Å². The molecular weight excluding hydrogens is 363 g/mol. The maximum Gasteiger partial charge on any atom is 0.241 e. The van der Waals surface area contributed by atoms with Crippen LogP contribution in [0.15, 0.2) is 41.0 Å². The number of amides is 1. The van der Waals surface area contributed by atoms with Gasteiger partial charge in [-0.2, -0.15) is 0 Å². The highest BCUT2D eigenvalue weighted by molar-refractivity contribution is 5.96. The number of carbonyl (C=O) groups is 1. The second kappa shape index (κ2) is 8.38. The Hall–Kier alpha value is -2.02. The number of imidazole rings is 1. The predicted molar refractivity (Wildman–Crippen MR) is 103 cm³/mol. The molecule has 3 aromatic rings. The summed E-state index contributed by atoms with van der Waals surface area (Å²) in [5.74, 6) is 1.40. The summed E-state index contributed by atoms with van der Waals surface area (Å²) in [5, 5.41) is 6.23. The largest absolute Gasteiger partial charge is 0.461 e. The number of aromatic amines is 1. The average Bonchev–Trinajstić information content (AvgIpc) is 3.24. The molecule has 1 aromatic carbocycles. The molecule has 0 saturated carbocycles. The van der Waals surface area contributed by atoms with E-state index in [-0.39, 0.29) is 36.8 Å². The van der Waals surface area contributed by atoms with Crippen LogP contribution in [0.4, 0.5) is 5.69 Å². The average molecular weight is 383 g/mol. The van der Waals surface area contributed by atoms with Crippen molar-refractivity contribution in [3.05, 3.63) is 36.6 Å². The van der Waals surface area contributed by atoms with Crippen molar-refractivity contribution in [3.63, 3.8) is 0 Å². The van der Waals surface area contributed by atoms with Crippen molar-refractivity contribution in [2.75, 3.05) is 11.9 Å². The summed E-state index contributed by atoms with van der Waals surface area (Å²) in [7, 11) is 0. The molecule has 134 valence electrons. The number of nitrogens with one attached hydrogen (secondary N) is 3. The number of rotatable bonds is 3. The molecule has 0 aliphatic carbocycles. The van der Waals surface area contributed by atoms with E-state index in [1.54, 1.807) is 6.26 Å². The molecule has 1 saturated heterocycles. The fraction of sp³-hybridized carbons (Fsp3) is 0.294. The summed E-state index contributed by atoms with van der Waals surface area (Å²) in [6.07, 6.45) is 4.74. The van der Waals surface area contributed by atoms with Gasteiger partial charge in [-0.05, 0) is 49.7 Å². The minimum atomic E-state index is -0.0973. The van der Waals surface area contributed by atoms with Gasteiger partial charge >= 0.3 is 0 Å². The van der Waals surface area contributed by atoms with E-state index >= 15 is 0 Å². The fourth-order valence-electron chi connectivity index (χ4n) is 2.92. The zero-order chi connectivity index (χ0) is 15.6. The predicted octanol–water partition coefficient (Wildman–Crippen LogP) is 3.75. The number of hydrogen-bond acceptors (Lipinski definition) is 4. The number of hydrogen-bond donors (Lipinski definition) is 3. The van der Waals surface area contributed by atoms with Gasteiger partial charge in [0.05, 0.1) is 23.3 Å². The molecule has 0 bridgehead atoms. The van der Waals surface area contributed by atoms with Crippen LogP contribution in [0.3, 0.4) is 0 Å². The van der Waals surface area contributed by atoms with E-state index in [0.717, 1.165) is 42.5 Å². The van der Waals surface area contributed by atoms with E-state index < -0.39 is 0 Å². The molecule has 2 aromatic heterocycles. The summed E-state index contributed by atoms with van der Waals surface area (Å²) >= 11 is 0. The Balaban J connectivity index is 0.00000113. The number of H-pyrrole nitrogens is 1. The number of piperidine rings is 1. The summed E-state index contributed by atoms with van der Waals surface area (Å²) in [5.41, 5.74) is 2.47. The zero-order valence-corrected chi connectivity index (χ0v) is 15.1. The van der Waals surface area contributed by atoms with Gasteiger partial charge in [0.25, 0.3) is 0 Å². The molecule has 1 atom stereocenters. The molecule has 1 aliphatic heterocycles. The van der Waals surface area contributed by atoms with Gasteiger partial charge in [0.1, 0.15) is 0 Å². The van der Waals surface area contributed by atoms with E-state index in [0.29, 0.717) is 11.6 Å². The number of aromatic nitrogens is 2. The lowest BCUT2D eigenvalue weighted by molar-refractivity contribution is -0.118. The van der Waals surface area contributed by atoms with Gasteiger partial charge in [0, 0.05) is 5.69 Å². The number of carbonyl (C=O) groups excluding carboxylic acids is 1. The Bertz CT molecular complexity index is 826. The van der Waals surface area contributed by atoms with Crippen LogP contribution >= 0.6 is 24.8 Å². The first-order valence-corrected chi connectivity index (χ1v) is 7.87. The second-order valence-electron chi connectivity index (χ2n) is 5.79. The molecule has 25 heavy (non-hydrogen) atoms. The highest BCUT2D eigenvalue weighted by Crippen LogP contribution is 2.23. The van der Waals surface area contributed by atoms with Crippen LogP contribution in [0.2, 0.25) is 0 Å². The number of anilines is 1. The summed E-state index contributed by atoms with van der Waals surface area (Å²) in [6, 6.07) is 9.24. The van der Waals surface area contributed by atoms with Gasteiger partial charge in [-0.3, -0.25) is 4.79 Å². The van der Waals surface area contributed by atoms with Gasteiger partial charge in [-0.1, -0.05) is 6.42 Å². The van der Waals surface area contributed by atoms with E-state index in [9.17, 15) is 4.79 Å². The standard InChI is InChI=1S/C17H18N4O2.2ClH/c22-17(13-4-1-2-8-18-13)19-11-6-7-12-14(10-11)21-16(20-12)15-5-3-9-23-15;;/h3,5-7,9-10,13,18H,1-2,4,8H2,(H,19,22)(H,20,21);2*1H/t13-;;/m1../s1. The smallest absolute Gasteiger partial charge is 0.241 e. The molecule has 3 N–H and O–H groups in total. The van der Waals surface area contributed by atoms with Crippen LogP contribution in [0.5, 0.6) is 0 Å². The van der Waals surface area contributed by atoms with Crippen molar-refractivity contribution in [3.8, 4) is 11.6 Å². The zero-order valence-electron chi connectivity index (χ0n) is 13.5. The van der Waals surface area contributed by atoms with Crippen molar-refractivity contribution in [1.29, 1.82) is 0 Å². The van der Waals surface area contributed by atoms with Gasteiger partial charge in [0.15, 0.2) is 11.6 Å². The van der Waals surface area contributed by atoms with Crippen molar-refractivity contribution >= 4 is 47.4 Å². The molecule has 0 unspecified atom stereocenters. The quantitative estimate of drug-likeness (QED) is 0.643. The van der Waals surface area contributed by atoms with Crippen LogP contribution in [-0.4, -0.2) is 28.5 Å². The second-order valence-corrected chi connectivity index (χ2v) is 5.79. The van der Waals surface area contributed by atoms with Gasteiger partial charge in [-0.15, -0.1) is 24.8 Å². The lowest BCUT2D eigenvalue weighted by Gasteiger charge is -2.22. The first-order chi connectivity index (χ1) is 11.3. The highest BCUT2D eigenvalue weighted by atomic mass is 35.5. The lowest BCUT2D eigenvalue weighted by atomic mass is 10.0. The number of nitrogens with zero attached hydrogens (tertiary/aromatic N) is 1. The summed E-state index contributed by atoms with van der Waals surface area (Å²) in [4.78, 5) is 20.0. The van der Waals surface area contributed by atoms with Crippen molar-refractivity contribution < 1.29 is 9.21 Å². The SMILES string of the molecule is Cl.Cl.O=C(Nc1ccc2nc(-c3ccco3)[nH]c2c1)[C@H]1CCCCN1. The Kier molecular flexibility index (Phi) is 6.47. The third-order valence-corrected chi connectivity index (χ3v) is 4.13. The molecule has 1 aliphatic rings. The lowest BCUT2D eigenvalue weighted by Crippen LogP contribution is -2.43. The number of benzene rings is 1. The van der Waals surface area contributed by atoms with Gasteiger partial charge in [-0.25, -0.2) is 4.98 Å². The summed E-state index contributed by atoms with van der Waals surface area (Å²) in [6.45, 7) is 0.907. The molecule has 3 heterocycles. The highest BCUT2D eigenvalue weighted by Gasteiger charge is 2.20. The van der Waals surface area contributed by atoms with Crippen LogP contribution in [0.25, 0.3) is 22.6 Å². The summed E-state index contributed by atoms with van der Waals surface area (Å²) < 4.78 is 5.35. The van der Waals surface area contributed by atoms with Crippen molar-refractivity contribution in [2.24, 2.45) is 0 Å². The minimum Gasteiger partial charge on any atom is -0.461 e. The molecular formula is C17H20Cl2N4O2. The van der Waals surface area contributed by atoms with Crippen molar-refractivity contribution in [2.45, 2.75) is 25.3 Å². The molecule has 1 fully saturated rings. The molecule has 6 nitrogen and oxygen atoms in total. The van der Waals surface area contributed by atoms with E-state index in [4.69, 9.17) is 4.42 Å². The number of halogens is 2. The maximum atomic E-state index is 12.3. The van der Waals surface area contributed by atoms with Crippen LogP contribution in [0.1, 0.15) is 19.3 Å². The van der Waals surface area contributed by atoms with E-state index in [1.807, 2.05) is 30.3 Å². The Morgan fingerprint density at radius 1 is 1.24 bits per heavy atom. The minimum absolute atomic E-state index is 0. The van der Waals surface area contributed by atoms with Gasteiger partial charge in [0.2, 0.25) is 5.91 Å². The molecule has 0 radical (unpaired) electrons. The number of fused-ring (bicyclic) bond motifs is 1. The number of furan rings is 1. The normalized spacial score (nSPS) is 16.7. The first kappa shape index (κ1) is 19.3. The Labute approximate surface area is 157 Å². The van der Waals surface area contributed by atoms with E-state index in [2.05, 4.69) is 20.6 Å². The Morgan fingerprint density at radius 3 is 2.84 bits per heavy atom. The Morgan fingerprint density at radius 2 is 2.12 bits per heavy atom. The third kappa shape index (κ3) is 4.15. The molecule has 0 spiro atoms. The van der Waals surface area contributed by atoms with Crippen molar-refractivity contribution in [1.82, 2.24) is 15.3 Å². The van der Waals surface area contributed by atoms with Gasteiger partial charge < -0.3 is 20.0 Å². The maximum absolute atomic E-state index is 12.3. The fourth-order valence-corrected chi connectivity index (χ4v) is 2.92. The monoisotopic (exact) mass is 382 g/mol. The first-order valence-electron chi connectivity index (χ1n) is 7.87. The topological polar surface area (TPSA) is 83.0 Å². The molecule has 8 heteroatoms. The molecule has 1 amide bonds. The van der Waals surface area contributed by atoms with Crippen LogP contribution in [-0.2, 0) is 4.79 Å². The third-order valence-electron chi connectivity index (χ3n) is 4.13. The van der Waals surface area contributed by atoms with Crippen LogP contribution in [0, 0.1) is 0 Å². The molecule has 4 rings (SSSR count). The van der Waals surface area contributed by atoms with E-state index in [1.165, 1.54) is 0 Å².